The van der Waals surface area contributed by atoms with Crippen LogP contribution in [0.5, 0.6) is 5.75 Å². The van der Waals surface area contributed by atoms with Crippen LogP contribution < -0.4 is 26.0 Å². The van der Waals surface area contributed by atoms with Gasteiger partial charge in [0.15, 0.2) is 6.29 Å². The number of ether oxygens (including phenoxy) is 5. The molecule has 0 fully saturated rings. The SMILES string of the molecule is CCCCCCCCCCCCCCC(C)(N[C@@H](CC[C]=O)C(=O)O)OCCOCCNC(=O)COCCOCCNC(=O)CC[C@@H](NC(=O)CCCCCCCCCOc1ccc(C(=O)O)cc1)C(=O)O. The van der Waals surface area contributed by atoms with Crippen molar-refractivity contribution in [1.82, 2.24) is 21.3 Å². The van der Waals surface area contributed by atoms with Gasteiger partial charge in [0.2, 0.25) is 17.7 Å². The van der Waals surface area contributed by atoms with Gasteiger partial charge in [0.1, 0.15) is 30.2 Å². The first kappa shape index (κ1) is 65.3. The van der Waals surface area contributed by atoms with Crippen molar-refractivity contribution < 1.29 is 72.6 Å². The lowest BCUT2D eigenvalue weighted by atomic mass is 10.0. The second-order valence-corrected chi connectivity index (χ2v) is 18.3. The van der Waals surface area contributed by atoms with Crippen molar-refractivity contribution in [2.45, 2.75) is 192 Å². The van der Waals surface area contributed by atoms with Crippen LogP contribution in [0.15, 0.2) is 24.3 Å². The first-order valence-electron chi connectivity index (χ1n) is 26.5. The Morgan fingerprint density at radius 3 is 1.67 bits per heavy atom. The third kappa shape index (κ3) is 37.1. The fraction of sp³-hybridized carbons (Fsp3) is 0.755. The van der Waals surface area contributed by atoms with E-state index in [0.29, 0.717) is 25.2 Å². The van der Waals surface area contributed by atoms with E-state index in [1.54, 1.807) is 18.4 Å². The zero-order valence-electron chi connectivity index (χ0n) is 43.5. The number of aromatic carboxylic acids is 1. The average Bonchev–Trinajstić information content (AvgIpc) is 3.35. The summed E-state index contributed by atoms with van der Waals surface area (Å²) >= 11 is 0. The smallest absolute Gasteiger partial charge is 0.335 e. The molecule has 1 aromatic rings. The molecular weight excluding hydrogens is 933 g/mol. The monoisotopic (exact) mass is 1020 g/mol. The molecule has 0 aliphatic heterocycles. The number of rotatable bonds is 51. The molecule has 411 valence electrons. The summed E-state index contributed by atoms with van der Waals surface area (Å²) < 4.78 is 28.2. The number of nitrogens with one attached hydrogen (secondary N) is 4. The highest BCUT2D eigenvalue weighted by Crippen LogP contribution is 2.21. The van der Waals surface area contributed by atoms with Crippen molar-refractivity contribution in [3.63, 3.8) is 0 Å². The van der Waals surface area contributed by atoms with Crippen molar-refractivity contribution in [3.05, 3.63) is 29.8 Å². The first-order valence-corrected chi connectivity index (χ1v) is 26.5. The lowest BCUT2D eigenvalue weighted by molar-refractivity contribution is -0.145. The van der Waals surface area contributed by atoms with Crippen LogP contribution in [0.1, 0.15) is 185 Å². The van der Waals surface area contributed by atoms with Gasteiger partial charge in [-0.2, -0.15) is 0 Å². The number of amides is 3. The van der Waals surface area contributed by atoms with Gasteiger partial charge in [-0.1, -0.05) is 110 Å². The van der Waals surface area contributed by atoms with E-state index in [2.05, 4.69) is 28.2 Å². The molecular formula is C53H89N4O15. The molecule has 1 unspecified atom stereocenters. The number of carboxylic acid groups (broad SMARTS) is 3. The lowest BCUT2D eigenvalue weighted by Gasteiger charge is -2.34. The molecule has 1 radical (unpaired) electrons. The van der Waals surface area contributed by atoms with E-state index in [1.807, 2.05) is 6.92 Å². The molecule has 7 N–H and O–H groups in total. The van der Waals surface area contributed by atoms with Crippen molar-refractivity contribution in [1.29, 1.82) is 0 Å². The molecule has 72 heavy (non-hydrogen) atoms. The van der Waals surface area contributed by atoms with Gasteiger partial charge in [0, 0.05) is 32.4 Å². The third-order valence-corrected chi connectivity index (χ3v) is 11.9. The number of carbonyl (C=O) groups excluding carboxylic acids is 4. The number of aliphatic carboxylic acids is 2. The summed E-state index contributed by atoms with van der Waals surface area (Å²) in [5.74, 6) is -3.69. The maximum Gasteiger partial charge on any atom is 0.335 e. The summed E-state index contributed by atoms with van der Waals surface area (Å²) in [5, 5.41) is 39.2. The number of carbonyl (C=O) groups is 6. The van der Waals surface area contributed by atoms with Gasteiger partial charge < -0.3 is 55.0 Å². The van der Waals surface area contributed by atoms with E-state index in [4.69, 9.17) is 28.8 Å². The fourth-order valence-electron chi connectivity index (χ4n) is 7.75. The molecule has 1 rings (SSSR count). The van der Waals surface area contributed by atoms with Gasteiger partial charge in [-0.3, -0.25) is 29.3 Å². The summed E-state index contributed by atoms with van der Waals surface area (Å²) in [7, 11) is 0. The second kappa shape index (κ2) is 43.9. The van der Waals surface area contributed by atoms with E-state index in [1.165, 1.54) is 69.9 Å². The minimum absolute atomic E-state index is 0.00403. The van der Waals surface area contributed by atoms with Crippen LogP contribution in [-0.2, 0) is 47.7 Å². The Bertz CT molecular complexity index is 1620. The Hall–Kier alpha value is -4.69. The quantitative estimate of drug-likeness (QED) is 0.0250. The predicted molar refractivity (Wildman–Crippen MR) is 273 cm³/mol. The standard InChI is InChI=1S/C53H89N4O15/c1-3-4-5-6-7-8-9-10-11-14-17-20-31-53(2,57-46(52(66)67)23-22-34-58)72-41-40-69-37-33-55-49(61)42-70-39-38-68-36-32-54-47(59)30-29-45(51(64)65)56-48(60)24-19-16-13-12-15-18-21-35-71-44-27-25-43(26-28-44)50(62)63/h25-28,45-46,57H,3-24,29-33,35-42H2,1-2H3,(H,54,59)(H,55,61)(H,56,60)(H,62,63)(H,64,65)(H,66,67)/t45-,46+,53?/m1/s1. The van der Waals surface area contributed by atoms with Crippen LogP contribution in [-0.4, -0.2) is 141 Å². The van der Waals surface area contributed by atoms with Gasteiger partial charge in [0.05, 0.1) is 51.8 Å². The molecule has 0 aromatic heterocycles. The highest BCUT2D eigenvalue weighted by atomic mass is 16.5. The van der Waals surface area contributed by atoms with Crippen molar-refractivity contribution in [2.75, 3.05) is 65.9 Å². The van der Waals surface area contributed by atoms with Gasteiger partial charge in [-0.25, -0.2) is 9.59 Å². The van der Waals surface area contributed by atoms with Crippen LogP contribution in [0, 0.1) is 0 Å². The first-order chi connectivity index (χ1) is 34.8. The van der Waals surface area contributed by atoms with Crippen LogP contribution in [0.2, 0.25) is 0 Å². The number of benzene rings is 1. The minimum atomic E-state index is -1.21. The van der Waals surface area contributed by atoms with Crippen molar-refractivity contribution in [2.24, 2.45) is 0 Å². The van der Waals surface area contributed by atoms with Crippen molar-refractivity contribution in [3.8, 4) is 5.75 Å². The Kier molecular flexibility index (Phi) is 39.8. The highest BCUT2D eigenvalue weighted by Gasteiger charge is 2.31. The highest BCUT2D eigenvalue weighted by molar-refractivity contribution is 5.87. The maximum absolute atomic E-state index is 12.4. The van der Waals surface area contributed by atoms with Crippen molar-refractivity contribution >= 4 is 41.9 Å². The molecule has 0 saturated heterocycles. The Labute approximate surface area is 428 Å². The maximum atomic E-state index is 12.4. The van der Waals surface area contributed by atoms with E-state index < -0.39 is 35.7 Å². The number of hydrogen-bond donors (Lipinski definition) is 7. The topological polar surface area (TPSA) is 274 Å². The Balaban J connectivity index is 2.11. The van der Waals surface area contributed by atoms with Gasteiger partial charge in [-0.15, -0.1) is 0 Å². The fourth-order valence-corrected chi connectivity index (χ4v) is 7.75. The van der Waals surface area contributed by atoms with E-state index in [-0.39, 0.29) is 115 Å². The van der Waals surface area contributed by atoms with Crippen LogP contribution in [0.25, 0.3) is 0 Å². The van der Waals surface area contributed by atoms with E-state index >= 15 is 0 Å². The Morgan fingerprint density at radius 1 is 0.569 bits per heavy atom. The number of hydrogen-bond acceptors (Lipinski definition) is 13. The summed E-state index contributed by atoms with van der Waals surface area (Å²) in [6.45, 7) is 6.00. The zero-order chi connectivity index (χ0) is 52.9. The zero-order valence-corrected chi connectivity index (χ0v) is 43.5. The third-order valence-electron chi connectivity index (χ3n) is 11.9. The van der Waals surface area contributed by atoms with Gasteiger partial charge in [-0.05, 0) is 69.7 Å². The molecule has 0 bridgehead atoms. The molecule has 0 heterocycles. The van der Waals surface area contributed by atoms with E-state index in [0.717, 1.165) is 57.8 Å². The lowest BCUT2D eigenvalue weighted by Crippen LogP contribution is -2.53. The molecule has 0 aliphatic rings. The number of unbranched alkanes of at least 4 members (excludes halogenated alkanes) is 17. The Morgan fingerprint density at radius 2 is 1.10 bits per heavy atom. The van der Waals surface area contributed by atoms with Crippen LogP contribution in [0.3, 0.4) is 0 Å². The largest absolute Gasteiger partial charge is 0.494 e. The van der Waals surface area contributed by atoms with Gasteiger partial charge in [0.25, 0.3) is 0 Å². The second-order valence-electron chi connectivity index (χ2n) is 18.3. The number of carboxylic acids is 3. The molecule has 1 aromatic carbocycles. The summed E-state index contributed by atoms with van der Waals surface area (Å²) in [5.41, 5.74) is -0.718. The molecule has 3 atom stereocenters. The summed E-state index contributed by atoms with van der Waals surface area (Å²) in [6.07, 6.45) is 23.3. The normalized spacial score (nSPS) is 12.9. The van der Waals surface area contributed by atoms with Gasteiger partial charge >= 0.3 is 17.9 Å². The minimum Gasteiger partial charge on any atom is -0.494 e. The molecule has 0 spiro atoms. The molecule has 19 heteroatoms. The molecule has 0 aliphatic carbocycles. The summed E-state index contributed by atoms with van der Waals surface area (Å²) in [6, 6.07) is 4.17. The van der Waals surface area contributed by atoms with E-state index in [9.17, 15) is 43.8 Å². The molecule has 19 nitrogen and oxygen atoms in total. The van der Waals surface area contributed by atoms with Crippen LogP contribution >= 0.6 is 0 Å². The summed E-state index contributed by atoms with van der Waals surface area (Å²) in [4.78, 5) is 82.2. The molecule has 3 amide bonds. The average molecular weight is 1020 g/mol. The van der Waals surface area contributed by atoms with Crippen LogP contribution in [0.4, 0.5) is 0 Å². The molecule has 0 saturated carbocycles. The predicted octanol–water partition coefficient (Wildman–Crippen LogP) is 7.27.